The van der Waals surface area contributed by atoms with Gasteiger partial charge in [-0.25, -0.2) is 55.9 Å². The molecular weight excluding hydrogens is 1720 g/mol. The van der Waals surface area contributed by atoms with Gasteiger partial charge >= 0.3 is 120 Å². The predicted molar refractivity (Wildman–Crippen MR) is 372 cm³/mol. The molecular formula is C74H85F25O22. The van der Waals surface area contributed by atoms with Crippen molar-refractivity contribution in [1.82, 2.24) is 0 Å². The Morgan fingerprint density at radius 3 is 1.29 bits per heavy atom. The molecule has 688 valence electrons. The molecule has 121 heavy (non-hydrogen) atoms. The fourth-order valence-corrected chi connectivity index (χ4v) is 7.44. The van der Waals surface area contributed by atoms with Crippen LogP contribution in [0.25, 0.3) is 0 Å². The summed E-state index contributed by atoms with van der Waals surface area (Å²) in [6.45, 7) is 29.4. The third kappa shape index (κ3) is 40.5. The summed E-state index contributed by atoms with van der Waals surface area (Å²) in [4.78, 5) is 84.5. The molecule has 0 N–H and O–H groups in total. The lowest BCUT2D eigenvalue weighted by atomic mass is 9.87. The number of ether oxygens (including phenoxy) is 14. The molecule has 0 amide bonds. The van der Waals surface area contributed by atoms with Gasteiger partial charge in [0.05, 0.1) is 44.4 Å². The van der Waals surface area contributed by atoms with Gasteiger partial charge in [0.25, 0.3) is 0 Å². The third-order valence-corrected chi connectivity index (χ3v) is 14.6. The number of alkyl halides is 25. The van der Waals surface area contributed by atoms with Gasteiger partial charge in [-0.2, -0.15) is 92.2 Å². The summed E-state index contributed by atoms with van der Waals surface area (Å²) in [5.74, 6) is -65.8. The van der Waals surface area contributed by atoms with Crippen molar-refractivity contribution in [3.63, 3.8) is 0 Å². The molecule has 3 unspecified atom stereocenters. The van der Waals surface area contributed by atoms with Crippen LogP contribution in [0.3, 0.4) is 0 Å². The van der Waals surface area contributed by atoms with E-state index in [9.17, 15) is 148 Å². The third-order valence-electron chi connectivity index (χ3n) is 14.6. The molecule has 0 spiro atoms. The number of hydrogen-bond donors (Lipinski definition) is 0. The lowest BCUT2D eigenvalue weighted by molar-refractivity contribution is -0.440. The zero-order chi connectivity index (χ0) is 94.1. The van der Waals surface area contributed by atoms with Crippen LogP contribution in [-0.4, -0.2) is 224 Å². The Labute approximate surface area is 675 Å². The number of esters is 8. The maximum absolute atomic E-state index is 13.2. The first-order valence-electron chi connectivity index (χ1n) is 34.0. The molecule has 3 aliphatic rings. The Bertz CT molecular complexity index is 3540. The molecule has 3 saturated heterocycles. The van der Waals surface area contributed by atoms with Crippen molar-refractivity contribution in [1.29, 1.82) is 0 Å². The van der Waals surface area contributed by atoms with Crippen LogP contribution in [0.4, 0.5) is 110 Å². The molecule has 0 aliphatic carbocycles. The number of rotatable bonds is 37. The summed E-state index contributed by atoms with van der Waals surface area (Å²) < 4.78 is 377. The molecule has 0 aromatic heterocycles. The van der Waals surface area contributed by atoms with Gasteiger partial charge in [-0.3, -0.25) is 0 Å². The Hall–Kier alpha value is -10.0. The van der Waals surface area contributed by atoms with Gasteiger partial charge in [0.1, 0.15) is 58.3 Å². The maximum atomic E-state index is 13.2. The molecule has 3 atom stereocenters. The lowest BCUT2D eigenvalue weighted by Crippen LogP contribution is -2.70. The first kappa shape index (κ1) is 115. The molecule has 2 aromatic rings. The highest BCUT2D eigenvalue weighted by atomic mass is 19.4. The zero-order valence-corrected chi connectivity index (χ0v) is 64.2. The Morgan fingerprint density at radius 2 is 0.876 bits per heavy atom. The van der Waals surface area contributed by atoms with Crippen LogP contribution in [0.1, 0.15) is 58.4 Å². The van der Waals surface area contributed by atoms with Crippen LogP contribution in [-0.2, 0) is 107 Å². The summed E-state index contributed by atoms with van der Waals surface area (Å²) in [6, 6.07) is 18.9. The lowest BCUT2D eigenvalue weighted by Gasteiger charge is -2.39. The Morgan fingerprint density at radius 1 is 0.463 bits per heavy atom. The second-order valence-electron chi connectivity index (χ2n) is 23.7. The van der Waals surface area contributed by atoms with Crippen LogP contribution in [0.2, 0.25) is 0 Å². The molecule has 5 rings (SSSR count). The fourth-order valence-electron chi connectivity index (χ4n) is 7.44. The van der Waals surface area contributed by atoms with E-state index < -0.39 is 140 Å². The average molecular weight is 1800 g/mol. The van der Waals surface area contributed by atoms with Crippen molar-refractivity contribution in [2.45, 2.75) is 150 Å². The monoisotopic (exact) mass is 1800 g/mol. The first-order chi connectivity index (χ1) is 55.8. The van der Waals surface area contributed by atoms with E-state index in [-0.39, 0.29) is 42.8 Å². The molecule has 3 heterocycles. The molecule has 47 heteroatoms. The van der Waals surface area contributed by atoms with Gasteiger partial charge in [0.15, 0.2) is 19.0 Å². The van der Waals surface area contributed by atoms with E-state index in [0.717, 1.165) is 74.0 Å². The van der Waals surface area contributed by atoms with E-state index in [2.05, 4.69) is 66.8 Å². The number of carbonyl (C=O) groups excluding carboxylic acids is 8. The van der Waals surface area contributed by atoms with Gasteiger partial charge < -0.3 is 66.3 Å². The van der Waals surface area contributed by atoms with Crippen molar-refractivity contribution < 1.29 is 214 Å². The smallest absolute Gasteiger partial charge is 0.460 e. The SMILES string of the molecule is C=CC(=O)OCC(F)(F)C(F)(F)C(F)(F)C(F)F.C=CC(=O)OCC(F)(F)C(F)F.C=CC(=O)OCC1(CC)COCOC1.C=CC(=O)OCC1CCCO1.C=CC(=O)OCC1COC(C)(CC)O1.C=CC(=O)OCCC(F)(F)C(F)(F)C(F)(F)C(F)(F)C(F)(F)C(F)(F)F.C=CC(=O)OCCOc1ccccc1.C=CC(=O)OCc1ccccc1. The minimum Gasteiger partial charge on any atom is -0.490 e. The van der Waals surface area contributed by atoms with Crippen LogP contribution >= 0.6 is 0 Å². The normalized spacial score (nSPS) is 16.4. The Kier molecular flexibility index (Phi) is 51.7. The molecule has 0 saturated carbocycles. The average Bonchev–Trinajstić information content (AvgIpc) is 1.05. The number of hydrogen-bond acceptors (Lipinski definition) is 22. The van der Waals surface area contributed by atoms with E-state index in [1.807, 2.05) is 81.4 Å². The minimum absolute atomic E-state index is 0.110. The minimum atomic E-state index is -7.94. The quantitative estimate of drug-likeness (QED) is 0.0200. The predicted octanol–water partition coefficient (Wildman–Crippen LogP) is 16.3. The summed E-state index contributed by atoms with van der Waals surface area (Å²) >= 11 is 0. The van der Waals surface area contributed by atoms with E-state index in [1.54, 1.807) is 0 Å². The van der Waals surface area contributed by atoms with Gasteiger partial charge in [-0.1, -0.05) is 115 Å². The second kappa shape index (κ2) is 54.4. The molecule has 3 fully saturated rings. The largest absolute Gasteiger partial charge is 0.490 e. The van der Waals surface area contributed by atoms with Crippen molar-refractivity contribution in [2.24, 2.45) is 5.41 Å². The number of carbonyl (C=O) groups is 8. The van der Waals surface area contributed by atoms with Crippen LogP contribution in [0, 0.1) is 5.41 Å². The highest BCUT2D eigenvalue weighted by molar-refractivity contribution is 5.83. The van der Waals surface area contributed by atoms with Gasteiger partial charge in [-0.05, 0) is 50.3 Å². The van der Waals surface area contributed by atoms with Gasteiger partial charge in [-0.15, -0.1) is 0 Å². The second-order valence-corrected chi connectivity index (χ2v) is 23.7. The summed E-state index contributed by atoms with van der Waals surface area (Å²) in [6.07, 6.45) is -8.29. The molecule has 0 bridgehead atoms. The topological polar surface area (TPSA) is 266 Å². The van der Waals surface area contributed by atoms with Crippen LogP contribution in [0.15, 0.2) is 162 Å². The van der Waals surface area contributed by atoms with Crippen LogP contribution in [0.5, 0.6) is 5.75 Å². The number of para-hydroxylation sites is 1. The number of halogens is 25. The highest BCUT2D eigenvalue weighted by Gasteiger charge is 2.90. The standard InChI is InChI=1S/C11H7F13O2.C11H12O3.2C10H16O4.C10H10O2.C8H6F8O2.C8H12O3.C6H6F4O2/c1-2-5(25)26-4-3-6(12,13)7(14,15)8(16,17)9(18,19)10(20,21)11(22,23)24;1-2-11(12)14-9-8-13-10-6-4-3-5-7-10;1-4-9(11)12-6-8-7-13-10(3,5-2)14-8;1-3-9(11)14-7-10(4-2)5-12-8-13-6-10;1-2-10(11)12-8-9-6-4-3-5-7-9;1-2-4(17)18-3-6(11,12)8(15,16)7(13,14)5(9)10;1-2-8(9)11-6-7-4-3-5-10-7;1-2-4(11)12-3-6(9,10)5(7)8/h2H,1,3-4H2;2-7H,1,8-9H2;4,8H,1,5-7H2,2-3H3;3H,1,4-8H2,2H3;2-7H,1,8H2;2,5H,1,3H2;2,7H,1,3-6H2;2,5H,1,3H2. The van der Waals surface area contributed by atoms with E-state index in [0.29, 0.717) is 71.3 Å². The van der Waals surface area contributed by atoms with Crippen molar-refractivity contribution in [3.8, 4) is 5.75 Å². The van der Waals surface area contributed by atoms with Gasteiger partial charge in [0.2, 0.25) is 0 Å². The Balaban J connectivity index is -0.00000134. The van der Waals surface area contributed by atoms with E-state index in [1.165, 1.54) is 0 Å². The van der Waals surface area contributed by atoms with Gasteiger partial charge in [0, 0.05) is 55.2 Å². The summed E-state index contributed by atoms with van der Waals surface area (Å²) in [7, 11) is 0. The van der Waals surface area contributed by atoms with E-state index in [4.69, 9.17) is 52.1 Å². The first-order valence-corrected chi connectivity index (χ1v) is 34.0. The molecule has 2 aromatic carbocycles. The fraction of sp³-hybridized carbons (Fsp3) is 0.514. The highest BCUT2D eigenvalue weighted by Crippen LogP contribution is 2.61. The summed E-state index contributed by atoms with van der Waals surface area (Å²) in [5, 5.41) is 0. The molecule has 0 radical (unpaired) electrons. The number of benzene rings is 2. The summed E-state index contributed by atoms with van der Waals surface area (Å²) in [5.41, 5.74) is 0.796. The van der Waals surface area contributed by atoms with Crippen molar-refractivity contribution in [3.05, 3.63) is 167 Å². The van der Waals surface area contributed by atoms with Crippen molar-refractivity contribution >= 4 is 47.8 Å². The maximum Gasteiger partial charge on any atom is 0.460 e. The van der Waals surface area contributed by atoms with E-state index >= 15 is 0 Å². The molecule has 3 aliphatic heterocycles. The molecule has 22 nitrogen and oxygen atoms in total. The zero-order valence-electron chi connectivity index (χ0n) is 64.2. The van der Waals surface area contributed by atoms with Crippen molar-refractivity contribution in [2.75, 3.05) is 86.1 Å². The van der Waals surface area contributed by atoms with Crippen LogP contribution < -0.4 is 4.74 Å².